The lowest BCUT2D eigenvalue weighted by molar-refractivity contribution is -0.169. The first-order valence-electron chi connectivity index (χ1n) is 15.5. The smallest absolute Gasteiger partial charge is 0.407 e. The molecule has 2 aromatic rings. The summed E-state index contributed by atoms with van der Waals surface area (Å²) in [6.07, 6.45) is 3.47. The van der Waals surface area contributed by atoms with E-state index in [9.17, 15) is 4.79 Å². The molecule has 0 spiro atoms. The monoisotopic (exact) mass is 601 g/mol. The summed E-state index contributed by atoms with van der Waals surface area (Å²) in [4.78, 5) is 12.2. The molecule has 1 atom stereocenters. The second-order valence-corrected chi connectivity index (χ2v) is 10.3. The van der Waals surface area contributed by atoms with Crippen molar-refractivity contribution in [2.75, 3.05) is 92.4 Å². The number of carbonyl (C=O) groups excluding carboxylic acids is 1. The topological polar surface area (TPSA) is 103 Å². The van der Waals surface area contributed by atoms with Crippen molar-refractivity contribution >= 4 is 6.09 Å². The third kappa shape index (κ3) is 12.1. The Morgan fingerprint density at radius 2 is 1.23 bits per heavy atom. The van der Waals surface area contributed by atoms with E-state index in [2.05, 4.69) is 29.6 Å². The molecule has 1 unspecified atom stereocenters. The van der Waals surface area contributed by atoms with E-state index in [1.54, 1.807) is 0 Å². The van der Waals surface area contributed by atoms with Gasteiger partial charge in [-0.15, -0.1) is 0 Å². The van der Waals surface area contributed by atoms with Gasteiger partial charge in [-0.05, 0) is 47.9 Å². The Kier molecular flexibility index (Phi) is 15.8. The van der Waals surface area contributed by atoms with Gasteiger partial charge in [0.2, 0.25) is 0 Å². The van der Waals surface area contributed by atoms with Crippen molar-refractivity contribution in [2.45, 2.75) is 37.9 Å². The molecule has 1 saturated heterocycles. The van der Waals surface area contributed by atoms with Gasteiger partial charge in [-0.25, -0.2) is 4.79 Å². The number of ether oxygens (including phenoxy) is 8. The highest BCUT2D eigenvalue weighted by atomic mass is 16.7. The lowest BCUT2D eigenvalue weighted by Gasteiger charge is -2.22. The SMILES string of the molecule is O=C(NCCCOCCOCCOCCOCCOCCOC1CCCCO1)OCC1c2ccccc2-c2ccccc21. The molecule has 1 aliphatic carbocycles. The Bertz CT molecular complexity index is 1000. The van der Waals surface area contributed by atoms with Crippen LogP contribution >= 0.6 is 0 Å². The van der Waals surface area contributed by atoms with Crippen molar-refractivity contribution in [1.82, 2.24) is 5.32 Å². The van der Waals surface area contributed by atoms with E-state index in [1.165, 1.54) is 22.3 Å². The van der Waals surface area contributed by atoms with E-state index in [1.807, 2.05) is 24.3 Å². The molecule has 2 aromatic carbocycles. The quantitative estimate of drug-likeness (QED) is 0.195. The first-order chi connectivity index (χ1) is 21.3. The molecule has 1 aliphatic heterocycles. The highest BCUT2D eigenvalue weighted by molar-refractivity contribution is 5.79. The van der Waals surface area contributed by atoms with Crippen LogP contribution in [0.3, 0.4) is 0 Å². The zero-order valence-electron chi connectivity index (χ0n) is 25.2. The molecule has 1 amide bonds. The Labute approximate surface area is 255 Å². The van der Waals surface area contributed by atoms with Crippen LogP contribution in [0.15, 0.2) is 48.5 Å². The van der Waals surface area contributed by atoms with Crippen LogP contribution in [0.25, 0.3) is 11.1 Å². The Morgan fingerprint density at radius 1 is 0.698 bits per heavy atom. The molecule has 0 saturated carbocycles. The fraction of sp³-hybridized carbons (Fsp3) is 0.606. The van der Waals surface area contributed by atoms with E-state index in [-0.39, 0.29) is 12.2 Å². The largest absolute Gasteiger partial charge is 0.449 e. The van der Waals surface area contributed by atoms with Crippen molar-refractivity contribution in [3.8, 4) is 11.1 Å². The predicted octanol–water partition coefficient (Wildman–Crippen LogP) is 4.54. The number of rotatable bonds is 22. The van der Waals surface area contributed by atoms with Gasteiger partial charge < -0.3 is 43.2 Å². The summed E-state index contributed by atoms with van der Waals surface area (Å²) in [6.45, 7) is 7.28. The van der Waals surface area contributed by atoms with Crippen LogP contribution in [0.4, 0.5) is 4.79 Å². The maximum atomic E-state index is 12.2. The number of alkyl carbamates (subject to hydrolysis) is 1. The number of hydrogen-bond acceptors (Lipinski definition) is 9. The normalized spacial score (nSPS) is 16.1. The van der Waals surface area contributed by atoms with Gasteiger partial charge in [0, 0.05) is 25.7 Å². The summed E-state index contributed by atoms with van der Waals surface area (Å²) < 4.78 is 44.2. The molecule has 238 valence electrons. The highest BCUT2D eigenvalue weighted by Gasteiger charge is 2.28. The summed E-state index contributed by atoms with van der Waals surface area (Å²) in [5.74, 6) is 0.0587. The lowest BCUT2D eigenvalue weighted by Crippen LogP contribution is -2.27. The maximum absolute atomic E-state index is 12.2. The molecule has 1 fully saturated rings. The van der Waals surface area contributed by atoms with Crippen molar-refractivity contribution in [3.63, 3.8) is 0 Å². The minimum absolute atomic E-state index is 0.0587. The van der Waals surface area contributed by atoms with Gasteiger partial charge in [0.15, 0.2) is 6.29 Å². The van der Waals surface area contributed by atoms with Crippen LogP contribution in [0, 0.1) is 0 Å². The molecule has 10 nitrogen and oxygen atoms in total. The number of benzene rings is 2. The van der Waals surface area contributed by atoms with Gasteiger partial charge in [0.25, 0.3) is 0 Å². The van der Waals surface area contributed by atoms with Crippen molar-refractivity contribution < 1.29 is 42.7 Å². The molecule has 1 heterocycles. The van der Waals surface area contributed by atoms with E-state index in [0.717, 1.165) is 25.9 Å². The number of carbonyl (C=O) groups is 1. The number of nitrogens with one attached hydrogen (secondary N) is 1. The maximum Gasteiger partial charge on any atom is 0.407 e. The van der Waals surface area contributed by atoms with Crippen LogP contribution in [-0.2, 0) is 37.9 Å². The number of amides is 1. The molecule has 0 bridgehead atoms. The molecule has 0 radical (unpaired) electrons. The Morgan fingerprint density at radius 3 is 1.79 bits per heavy atom. The van der Waals surface area contributed by atoms with Crippen LogP contribution in [0.5, 0.6) is 0 Å². The van der Waals surface area contributed by atoms with Crippen LogP contribution in [0.1, 0.15) is 42.7 Å². The summed E-state index contributed by atoms with van der Waals surface area (Å²) in [7, 11) is 0. The van der Waals surface area contributed by atoms with Gasteiger partial charge in [-0.2, -0.15) is 0 Å². The average Bonchev–Trinajstić information content (AvgIpc) is 3.37. The van der Waals surface area contributed by atoms with Crippen LogP contribution < -0.4 is 5.32 Å². The molecule has 10 heteroatoms. The third-order valence-electron chi connectivity index (χ3n) is 7.24. The predicted molar refractivity (Wildman–Crippen MR) is 161 cm³/mol. The molecular weight excluding hydrogens is 554 g/mol. The van der Waals surface area contributed by atoms with Crippen molar-refractivity contribution in [2.24, 2.45) is 0 Å². The fourth-order valence-corrected chi connectivity index (χ4v) is 5.08. The van der Waals surface area contributed by atoms with Crippen molar-refractivity contribution in [3.05, 3.63) is 59.7 Å². The van der Waals surface area contributed by atoms with E-state index in [0.29, 0.717) is 92.2 Å². The molecule has 4 rings (SSSR count). The average molecular weight is 602 g/mol. The van der Waals surface area contributed by atoms with Crippen molar-refractivity contribution in [1.29, 1.82) is 0 Å². The fourth-order valence-electron chi connectivity index (χ4n) is 5.08. The Hall–Kier alpha value is -2.57. The molecule has 0 aromatic heterocycles. The molecule has 43 heavy (non-hydrogen) atoms. The summed E-state index contributed by atoms with van der Waals surface area (Å²) in [6, 6.07) is 16.6. The highest BCUT2D eigenvalue weighted by Crippen LogP contribution is 2.44. The number of fused-ring (bicyclic) bond motifs is 3. The zero-order chi connectivity index (χ0) is 29.8. The first kappa shape index (κ1) is 33.3. The van der Waals surface area contributed by atoms with E-state index in [4.69, 9.17) is 37.9 Å². The minimum atomic E-state index is -0.407. The van der Waals surface area contributed by atoms with Gasteiger partial charge >= 0.3 is 6.09 Å². The van der Waals surface area contributed by atoms with Gasteiger partial charge in [-0.3, -0.25) is 0 Å². The first-order valence-corrected chi connectivity index (χ1v) is 15.5. The molecule has 2 aliphatic rings. The van der Waals surface area contributed by atoms with Gasteiger partial charge in [0.05, 0.1) is 66.1 Å². The second kappa shape index (κ2) is 20.4. The molecule has 1 N–H and O–H groups in total. The lowest BCUT2D eigenvalue weighted by atomic mass is 9.98. The number of hydrogen-bond donors (Lipinski definition) is 1. The zero-order valence-corrected chi connectivity index (χ0v) is 25.2. The summed E-state index contributed by atoms with van der Waals surface area (Å²) in [5.41, 5.74) is 4.83. The third-order valence-corrected chi connectivity index (χ3v) is 7.24. The van der Waals surface area contributed by atoms with E-state index < -0.39 is 6.09 Å². The summed E-state index contributed by atoms with van der Waals surface area (Å²) >= 11 is 0. The second-order valence-electron chi connectivity index (χ2n) is 10.3. The van der Waals surface area contributed by atoms with Gasteiger partial charge in [0.1, 0.15) is 6.61 Å². The Balaban J connectivity index is 0.872. The van der Waals surface area contributed by atoms with Crippen LogP contribution in [-0.4, -0.2) is 105 Å². The summed E-state index contributed by atoms with van der Waals surface area (Å²) in [5, 5.41) is 2.81. The van der Waals surface area contributed by atoms with Crippen LogP contribution in [0.2, 0.25) is 0 Å². The van der Waals surface area contributed by atoms with Gasteiger partial charge in [-0.1, -0.05) is 48.5 Å². The standard InChI is InChI=1S/C33H47NO9/c35-33(43-26-31-29-10-3-1-8-27(29)28-9-2-4-11-30(28)31)34-13-7-14-36-16-17-37-18-19-38-20-21-39-22-23-40-24-25-42-32-12-5-6-15-41-32/h1-4,8-11,31-32H,5-7,12-26H2,(H,34,35). The van der Waals surface area contributed by atoms with E-state index >= 15 is 0 Å². The molecular formula is C33H47NO9. The minimum Gasteiger partial charge on any atom is -0.449 e.